The molecule has 0 spiro atoms. The van der Waals surface area contributed by atoms with E-state index in [-0.39, 0.29) is 11.8 Å². The highest BCUT2D eigenvalue weighted by Gasteiger charge is 2.27. The Morgan fingerprint density at radius 1 is 1.29 bits per heavy atom. The Balaban J connectivity index is 1.33. The SMILES string of the molecule is CCOc1ccc(NC(=O)C2CCCN(Cc3nc(-c4cccc(Br)c4)no3)C2)cc1. The van der Waals surface area contributed by atoms with Crippen LogP contribution in [0.25, 0.3) is 11.4 Å². The first-order chi connectivity index (χ1) is 15.1. The number of hydrogen-bond donors (Lipinski definition) is 1. The van der Waals surface area contributed by atoms with Crippen LogP contribution in [0.3, 0.4) is 0 Å². The third-order valence-electron chi connectivity index (χ3n) is 5.22. The molecule has 2 heterocycles. The van der Waals surface area contributed by atoms with Gasteiger partial charge in [-0.2, -0.15) is 4.98 Å². The van der Waals surface area contributed by atoms with Crippen LogP contribution in [-0.4, -0.2) is 40.6 Å². The second-order valence-corrected chi connectivity index (χ2v) is 8.46. The van der Waals surface area contributed by atoms with E-state index >= 15 is 0 Å². The standard InChI is InChI=1S/C23H25BrN4O3/c1-2-30-20-10-8-19(9-11-20)25-23(29)17-6-4-12-28(14-17)15-21-26-22(27-31-21)16-5-3-7-18(24)13-16/h3,5,7-11,13,17H,2,4,6,12,14-15H2,1H3,(H,25,29). The first-order valence-electron chi connectivity index (χ1n) is 10.5. The van der Waals surface area contributed by atoms with Gasteiger partial charge in [0.25, 0.3) is 0 Å². The number of likely N-dealkylation sites (tertiary alicyclic amines) is 1. The number of piperidine rings is 1. The van der Waals surface area contributed by atoms with Crippen molar-refractivity contribution in [2.45, 2.75) is 26.3 Å². The summed E-state index contributed by atoms with van der Waals surface area (Å²) in [6, 6.07) is 15.3. The van der Waals surface area contributed by atoms with Gasteiger partial charge < -0.3 is 14.6 Å². The van der Waals surface area contributed by atoms with Crippen LogP contribution in [0.2, 0.25) is 0 Å². The Labute approximate surface area is 189 Å². The molecule has 1 amide bonds. The Kier molecular flexibility index (Phi) is 6.99. The van der Waals surface area contributed by atoms with Crippen LogP contribution in [-0.2, 0) is 11.3 Å². The summed E-state index contributed by atoms with van der Waals surface area (Å²) < 4.78 is 11.9. The minimum absolute atomic E-state index is 0.0363. The predicted octanol–water partition coefficient (Wildman–Crippen LogP) is 4.75. The maximum Gasteiger partial charge on any atom is 0.241 e. The summed E-state index contributed by atoms with van der Waals surface area (Å²) in [4.78, 5) is 19.5. The van der Waals surface area contributed by atoms with Crippen LogP contribution in [0, 0.1) is 5.92 Å². The Morgan fingerprint density at radius 2 is 2.13 bits per heavy atom. The molecule has 7 nitrogen and oxygen atoms in total. The highest BCUT2D eigenvalue weighted by atomic mass is 79.9. The van der Waals surface area contributed by atoms with Crippen LogP contribution < -0.4 is 10.1 Å². The molecule has 4 rings (SSSR count). The fraction of sp³-hybridized carbons (Fsp3) is 0.348. The normalized spacial score (nSPS) is 16.8. The lowest BCUT2D eigenvalue weighted by Crippen LogP contribution is -2.40. The molecule has 0 radical (unpaired) electrons. The van der Waals surface area contributed by atoms with Crippen molar-refractivity contribution in [2.24, 2.45) is 5.92 Å². The number of aromatic nitrogens is 2. The molecule has 31 heavy (non-hydrogen) atoms. The Hall–Kier alpha value is -2.71. The Bertz CT molecular complexity index is 1020. The van der Waals surface area contributed by atoms with Crippen molar-refractivity contribution in [3.05, 3.63) is 58.9 Å². The Morgan fingerprint density at radius 3 is 2.90 bits per heavy atom. The molecule has 2 aromatic carbocycles. The lowest BCUT2D eigenvalue weighted by Gasteiger charge is -2.30. The number of halogens is 1. The first-order valence-corrected chi connectivity index (χ1v) is 11.2. The monoisotopic (exact) mass is 484 g/mol. The number of carbonyl (C=O) groups excluding carboxylic acids is 1. The molecule has 1 saturated heterocycles. The van der Waals surface area contributed by atoms with E-state index in [0.29, 0.717) is 31.4 Å². The molecule has 8 heteroatoms. The fourth-order valence-corrected chi connectivity index (χ4v) is 4.11. The first kappa shape index (κ1) is 21.5. The van der Waals surface area contributed by atoms with Crippen molar-refractivity contribution < 1.29 is 14.1 Å². The summed E-state index contributed by atoms with van der Waals surface area (Å²) in [6.45, 7) is 4.67. The van der Waals surface area contributed by atoms with Crippen molar-refractivity contribution in [2.75, 3.05) is 25.0 Å². The zero-order valence-corrected chi connectivity index (χ0v) is 19.0. The van der Waals surface area contributed by atoms with Gasteiger partial charge in [-0.1, -0.05) is 33.2 Å². The van der Waals surface area contributed by atoms with Gasteiger partial charge in [0.15, 0.2) is 0 Å². The third-order valence-corrected chi connectivity index (χ3v) is 5.71. The summed E-state index contributed by atoms with van der Waals surface area (Å²) >= 11 is 3.46. The summed E-state index contributed by atoms with van der Waals surface area (Å²) in [6.07, 6.45) is 1.82. The van der Waals surface area contributed by atoms with E-state index in [2.05, 4.69) is 36.3 Å². The molecule has 0 aliphatic carbocycles. The molecule has 1 atom stereocenters. The van der Waals surface area contributed by atoms with Crippen LogP contribution in [0.15, 0.2) is 57.5 Å². The molecular formula is C23H25BrN4O3. The van der Waals surface area contributed by atoms with Crippen molar-refractivity contribution >= 4 is 27.5 Å². The summed E-state index contributed by atoms with van der Waals surface area (Å²) in [5, 5.41) is 7.12. The highest BCUT2D eigenvalue weighted by molar-refractivity contribution is 9.10. The van der Waals surface area contributed by atoms with Gasteiger partial charge in [0.2, 0.25) is 17.6 Å². The van der Waals surface area contributed by atoms with Crippen LogP contribution >= 0.6 is 15.9 Å². The van der Waals surface area contributed by atoms with Crippen molar-refractivity contribution in [3.63, 3.8) is 0 Å². The summed E-state index contributed by atoms with van der Waals surface area (Å²) in [5.74, 6) is 1.88. The molecule has 1 aliphatic heterocycles. The second kappa shape index (κ2) is 10.1. The number of rotatable bonds is 7. The number of hydrogen-bond acceptors (Lipinski definition) is 6. The number of ether oxygens (including phenoxy) is 1. The number of amides is 1. The number of nitrogens with zero attached hydrogens (tertiary/aromatic N) is 3. The second-order valence-electron chi connectivity index (χ2n) is 7.54. The average Bonchev–Trinajstić information content (AvgIpc) is 3.24. The zero-order chi connectivity index (χ0) is 21.6. The van der Waals surface area contributed by atoms with E-state index in [1.54, 1.807) is 0 Å². The van der Waals surface area contributed by atoms with Crippen LogP contribution in [0.4, 0.5) is 5.69 Å². The number of nitrogens with one attached hydrogen (secondary N) is 1. The van der Waals surface area contributed by atoms with Crippen molar-refractivity contribution in [1.82, 2.24) is 15.0 Å². The summed E-state index contributed by atoms with van der Waals surface area (Å²) in [5.41, 5.74) is 1.68. The molecule has 1 N–H and O–H groups in total. The van der Waals surface area contributed by atoms with E-state index in [1.165, 1.54) is 0 Å². The lowest BCUT2D eigenvalue weighted by molar-refractivity contribution is -0.121. The van der Waals surface area contributed by atoms with Gasteiger partial charge in [0.05, 0.1) is 19.1 Å². The molecular weight excluding hydrogens is 460 g/mol. The molecule has 1 aromatic heterocycles. The lowest BCUT2D eigenvalue weighted by atomic mass is 9.97. The van der Waals surface area contributed by atoms with E-state index in [0.717, 1.165) is 40.9 Å². The smallest absolute Gasteiger partial charge is 0.241 e. The molecule has 1 fully saturated rings. The van der Waals surface area contributed by atoms with E-state index in [1.807, 2.05) is 55.5 Å². The van der Waals surface area contributed by atoms with Crippen LogP contribution in [0.5, 0.6) is 5.75 Å². The van der Waals surface area contributed by atoms with Gasteiger partial charge in [0, 0.05) is 22.3 Å². The zero-order valence-electron chi connectivity index (χ0n) is 17.4. The average molecular weight is 485 g/mol. The van der Waals surface area contributed by atoms with Gasteiger partial charge in [-0.3, -0.25) is 9.69 Å². The maximum atomic E-state index is 12.8. The van der Waals surface area contributed by atoms with E-state index in [9.17, 15) is 4.79 Å². The van der Waals surface area contributed by atoms with E-state index < -0.39 is 0 Å². The quantitative estimate of drug-likeness (QED) is 0.521. The number of benzene rings is 2. The number of anilines is 1. The van der Waals surface area contributed by atoms with E-state index in [4.69, 9.17) is 9.26 Å². The molecule has 1 aliphatic rings. The van der Waals surface area contributed by atoms with Gasteiger partial charge >= 0.3 is 0 Å². The molecule has 162 valence electrons. The maximum absolute atomic E-state index is 12.8. The highest BCUT2D eigenvalue weighted by Crippen LogP contribution is 2.23. The minimum atomic E-state index is -0.0761. The number of carbonyl (C=O) groups is 1. The predicted molar refractivity (Wildman–Crippen MR) is 122 cm³/mol. The van der Waals surface area contributed by atoms with Gasteiger partial charge in [0.1, 0.15) is 5.75 Å². The van der Waals surface area contributed by atoms with Gasteiger partial charge in [-0.25, -0.2) is 0 Å². The molecule has 3 aromatic rings. The fourth-order valence-electron chi connectivity index (χ4n) is 3.71. The van der Waals surface area contributed by atoms with Crippen molar-refractivity contribution in [3.8, 4) is 17.1 Å². The molecule has 1 unspecified atom stereocenters. The molecule has 0 bridgehead atoms. The van der Waals surface area contributed by atoms with Crippen LogP contribution in [0.1, 0.15) is 25.7 Å². The third kappa shape index (κ3) is 5.71. The molecule has 0 saturated carbocycles. The van der Waals surface area contributed by atoms with Gasteiger partial charge in [-0.15, -0.1) is 0 Å². The van der Waals surface area contributed by atoms with Gasteiger partial charge in [-0.05, 0) is 62.7 Å². The summed E-state index contributed by atoms with van der Waals surface area (Å²) in [7, 11) is 0. The largest absolute Gasteiger partial charge is 0.494 e. The van der Waals surface area contributed by atoms with Crippen molar-refractivity contribution in [1.29, 1.82) is 0 Å². The topological polar surface area (TPSA) is 80.5 Å². The minimum Gasteiger partial charge on any atom is -0.494 e.